The van der Waals surface area contributed by atoms with E-state index in [9.17, 15) is 9.18 Å². The summed E-state index contributed by atoms with van der Waals surface area (Å²) in [5.41, 5.74) is 0.974. The molecule has 1 saturated heterocycles. The van der Waals surface area contributed by atoms with Crippen LogP contribution in [0.25, 0.3) is 0 Å². The van der Waals surface area contributed by atoms with Crippen molar-refractivity contribution < 1.29 is 13.9 Å². The van der Waals surface area contributed by atoms with Crippen LogP contribution in [0, 0.1) is 5.82 Å². The summed E-state index contributed by atoms with van der Waals surface area (Å²) < 4.78 is 19.4. The summed E-state index contributed by atoms with van der Waals surface area (Å²) in [6.07, 6.45) is 2.25. The number of amides is 1. The predicted octanol–water partition coefficient (Wildman–Crippen LogP) is 4.05. The van der Waals surface area contributed by atoms with Crippen molar-refractivity contribution >= 4 is 17.5 Å². The molecule has 0 radical (unpaired) electrons. The number of halogens is 2. The Balaban J connectivity index is 1.80. The minimum Gasteiger partial charge on any atom is -0.496 e. The summed E-state index contributed by atoms with van der Waals surface area (Å²) in [6, 6.07) is 11.7. The quantitative estimate of drug-likeness (QED) is 0.826. The highest BCUT2D eigenvalue weighted by atomic mass is 35.5. The maximum atomic E-state index is 13.9. The van der Waals surface area contributed by atoms with Gasteiger partial charge >= 0.3 is 0 Å². The molecule has 1 heterocycles. The minimum atomic E-state index is -0.582. The topological polar surface area (TPSA) is 41.6 Å². The first-order chi connectivity index (χ1) is 12.6. The second-order valence-corrected chi connectivity index (χ2v) is 6.77. The molecule has 1 N–H and O–H groups in total. The standard InChI is InChI=1S/C20H22ClFN2O2/c1-26-19-7-3-2-6-15(19)18(24-10-4-5-11-24)13-23-20(25)16-12-14(21)8-9-17(16)22/h2-3,6-9,12,18H,4-5,10-11,13H2,1H3,(H,23,25). The van der Waals surface area contributed by atoms with Crippen LogP contribution in [-0.2, 0) is 0 Å². The van der Waals surface area contributed by atoms with Gasteiger partial charge in [0.2, 0.25) is 0 Å². The Morgan fingerprint density at radius 3 is 2.73 bits per heavy atom. The summed E-state index contributed by atoms with van der Waals surface area (Å²) in [5.74, 6) is -0.265. The number of carbonyl (C=O) groups is 1. The van der Waals surface area contributed by atoms with E-state index in [1.54, 1.807) is 7.11 Å². The van der Waals surface area contributed by atoms with Crippen molar-refractivity contribution in [1.82, 2.24) is 10.2 Å². The van der Waals surface area contributed by atoms with Gasteiger partial charge in [0.25, 0.3) is 5.91 Å². The number of benzene rings is 2. The monoisotopic (exact) mass is 376 g/mol. The number of methoxy groups -OCH3 is 1. The number of hydrogen-bond donors (Lipinski definition) is 1. The number of para-hydroxylation sites is 1. The van der Waals surface area contributed by atoms with Crippen LogP contribution in [-0.4, -0.2) is 37.6 Å². The van der Waals surface area contributed by atoms with Gasteiger partial charge in [-0.05, 0) is 50.2 Å². The number of hydrogen-bond acceptors (Lipinski definition) is 3. The second-order valence-electron chi connectivity index (χ2n) is 6.34. The van der Waals surface area contributed by atoms with Crippen molar-refractivity contribution in [2.24, 2.45) is 0 Å². The van der Waals surface area contributed by atoms with Crippen LogP contribution in [0.4, 0.5) is 4.39 Å². The van der Waals surface area contributed by atoms with Crippen molar-refractivity contribution in [2.45, 2.75) is 18.9 Å². The number of nitrogens with one attached hydrogen (secondary N) is 1. The number of rotatable bonds is 6. The summed E-state index contributed by atoms with van der Waals surface area (Å²) in [7, 11) is 1.64. The Kier molecular flexibility index (Phi) is 6.12. The maximum Gasteiger partial charge on any atom is 0.254 e. The Morgan fingerprint density at radius 2 is 2.00 bits per heavy atom. The van der Waals surface area contributed by atoms with Crippen molar-refractivity contribution in [1.29, 1.82) is 0 Å². The fourth-order valence-corrected chi connectivity index (χ4v) is 3.56. The smallest absolute Gasteiger partial charge is 0.254 e. The van der Waals surface area contributed by atoms with E-state index in [0.29, 0.717) is 11.6 Å². The van der Waals surface area contributed by atoms with Gasteiger partial charge in [0.15, 0.2) is 0 Å². The minimum absolute atomic E-state index is 0.0279. The van der Waals surface area contributed by atoms with Gasteiger partial charge in [0.1, 0.15) is 11.6 Å². The lowest BCUT2D eigenvalue weighted by atomic mass is 10.0. The van der Waals surface area contributed by atoms with Crippen LogP contribution >= 0.6 is 11.6 Å². The van der Waals surface area contributed by atoms with Gasteiger partial charge in [-0.1, -0.05) is 29.8 Å². The fraction of sp³-hybridized carbons (Fsp3) is 0.350. The summed E-state index contributed by atoms with van der Waals surface area (Å²) >= 11 is 5.89. The van der Waals surface area contributed by atoms with Gasteiger partial charge in [0.05, 0.1) is 18.7 Å². The molecule has 3 rings (SSSR count). The molecule has 0 saturated carbocycles. The largest absolute Gasteiger partial charge is 0.496 e. The van der Waals surface area contributed by atoms with Crippen molar-refractivity contribution in [3.63, 3.8) is 0 Å². The van der Waals surface area contributed by atoms with E-state index in [4.69, 9.17) is 16.3 Å². The first-order valence-corrected chi connectivity index (χ1v) is 9.08. The SMILES string of the molecule is COc1ccccc1C(CNC(=O)c1cc(Cl)ccc1F)N1CCCC1. The molecule has 4 nitrogen and oxygen atoms in total. The first kappa shape index (κ1) is 18.7. The zero-order valence-electron chi connectivity index (χ0n) is 14.7. The van der Waals surface area contributed by atoms with E-state index in [1.807, 2.05) is 24.3 Å². The molecule has 26 heavy (non-hydrogen) atoms. The molecule has 1 unspecified atom stereocenters. The number of ether oxygens (including phenoxy) is 1. The zero-order chi connectivity index (χ0) is 18.5. The van der Waals surface area contributed by atoms with E-state index in [0.717, 1.165) is 37.2 Å². The molecule has 1 amide bonds. The van der Waals surface area contributed by atoms with Gasteiger partial charge in [-0.3, -0.25) is 9.69 Å². The Bertz CT molecular complexity index is 778. The van der Waals surface area contributed by atoms with E-state index in [2.05, 4.69) is 10.2 Å². The van der Waals surface area contributed by atoms with Crippen LogP contribution in [0.3, 0.4) is 0 Å². The lowest BCUT2D eigenvalue weighted by molar-refractivity contribution is 0.0933. The number of nitrogens with zero attached hydrogens (tertiary/aromatic N) is 1. The van der Waals surface area contributed by atoms with E-state index >= 15 is 0 Å². The van der Waals surface area contributed by atoms with Crippen LogP contribution in [0.2, 0.25) is 5.02 Å². The van der Waals surface area contributed by atoms with Crippen LogP contribution in [0.15, 0.2) is 42.5 Å². The van der Waals surface area contributed by atoms with E-state index in [-0.39, 0.29) is 11.6 Å². The third-order valence-electron chi connectivity index (χ3n) is 4.71. The zero-order valence-corrected chi connectivity index (χ0v) is 15.4. The van der Waals surface area contributed by atoms with E-state index in [1.165, 1.54) is 18.2 Å². The van der Waals surface area contributed by atoms with Gasteiger partial charge in [-0.2, -0.15) is 0 Å². The summed E-state index contributed by atoms with van der Waals surface area (Å²) in [5, 5.41) is 3.19. The molecule has 1 fully saturated rings. The Hall–Kier alpha value is -2.11. The average molecular weight is 377 g/mol. The van der Waals surface area contributed by atoms with Crippen LogP contribution in [0.5, 0.6) is 5.75 Å². The highest BCUT2D eigenvalue weighted by Gasteiger charge is 2.26. The summed E-state index contributed by atoms with van der Waals surface area (Å²) in [4.78, 5) is 14.8. The van der Waals surface area contributed by atoms with Crippen LogP contribution in [0.1, 0.15) is 34.8 Å². The molecule has 1 aliphatic heterocycles. The Morgan fingerprint density at radius 1 is 1.27 bits per heavy atom. The molecule has 2 aromatic rings. The molecule has 138 valence electrons. The predicted molar refractivity (Wildman–Crippen MR) is 100 cm³/mol. The molecule has 2 aromatic carbocycles. The number of likely N-dealkylation sites (tertiary alicyclic amines) is 1. The van der Waals surface area contributed by atoms with Crippen molar-refractivity contribution in [3.05, 3.63) is 64.4 Å². The molecule has 0 aliphatic carbocycles. The second kappa shape index (κ2) is 8.52. The molecule has 1 atom stereocenters. The van der Waals surface area contributed by atoms with Gasteiger partial charge in [-0.15, -0.1) is 0 Å². The highest BCUT2D eigenvalue weighted by molar-refractivity contribution is 6.31. The van der Waals surface area contributed by atoms with Crippen molar-refractivity contribution in [2.75, 3.05) is 26.7 Å². The van der Waals surface area contributed by atoms with Crippen molar-refractivity contribution in [3.8, 4) is 5.75 Å². The van der Waals surface area contributed by atoms with Gasteiger partial charge < -0.3 is 10.1 Å². The third kappa shape index (κ3) is 4.17. The highest BCUT2D eigenvalue weighted by Crippen LogP contribution is 2.31. The normalized spacial score (nSPS) is 15.7. The lowest BCUT2D eigenvalue weighted by Gasteiger charge is -2.29. The Labute approximate surface area is 157 Å². The number of carbonyl (C=O) groups excluding carboxylic acids is 1. The summed E-state index contributed by atoms with van der Waals surface area (Å²) in [6.45, 7) is 2.29. The molecule has 0 bridgehead atoms. The molecule has 0 spiro atoms. The average Bonchev–Trinajstić information content (AvgIpc) is 3.18. The lowest BCUT2D eigenvalue weighted by Crippen LogP contribution is -2.37. The van der Waals surface area contributed by atoms with Gasteiger partial charge in [-0.25, -0.2) is 4.39 Å². The maximum absolute atomic E-state index is 13.9. The molecule has 0 aromatic heterocycles. The van der Waals surface area contributed by atoms with Gasteiger partial charge in [0, 0.05) is 17.1 Å². The fourth-order valence-electron chi connectivity index (χ4n) is 3.39. The van der Waals surface area contributed by atoms with Crippen LogP contribution < -0.4 is 10.1 Å². The molecular formula is C20H22ClFN2O2. The van der Waals surface area contributed by atoms with E-state index < -0.39 is 11.7 Å². The molecular weight excluding hydrogens is 355 g/mol. The first-order valence-electron chi connectivity index (χ1n) is 8.70. The molecule has 1 aliphatic rings. The molecule has 6 heteroatoms. The third-order valence-corrected chi connectivity index (χ3v) is 4.94.